The molecule has 3 atom stereocenters. The largest absolute Gasteiger partial charge is 0.491 e. The molecule has 134 valence electrons. The predicted octanol–water partition coefficient (Wildman–Crippen LogP) is 3.99. The Morgan fingerprint density at radius 3 is 2.08 bits per heavy atom. The number of ether oxygens (including phenoxy) is 1. The SMILES string of the molecule is CC(C)Oc1ccc(C(C)NC(=O)C(C)C(N)c2ccccc2)cc1. The topological polar surface area (TPSA) is 64.3 Å². The standard InChI is InChI=1S/C21H28N2O2/c1-14(2)25-19-12-10-17(11-13-19)16(4)23-21(24)15(3)20(22)18-8-6-5-7-9-18/h5-16,20H,22H2,1-4H3,(H,23,24). The fraction of sp³-hybridized carbons (Fsp3) is 0.381. The zero-order valence-corrected chi connectivity index (χ0v) is 15.4. The minimum atomic E-state index is -0.324. The number of amides is 1. The molecule has 2 aromatic rings. The quantitative estimate of drug-likeness (QED) is 0.801. The van der Waals surface area contributed by atoms with Gasteiger partial charge in [0.25, 0.3) is 0 Å². The fourth-order valence-corrected chi connectivity index (χ4v) is 2.66. The van der Waals surface area contributed by atoms with Crippen molar-refractivity contribution in [3.05, 3.63) is 65.7 Å². The van der Waals surface area contributed by atoms with Gasteiger partial charge in [0.05, 0.1) is 18.1 Å². The highest BCUT2D eigenvalue weighted by atomic mass is 16.5. The monoisotopic (exact) mass is 340 g/mol. The Bertz CT molecular complexity index is 668. The molecule has 0 fully saturated rings. The molecule has 0 saturated heterocycles. The minimum Gasteiger partial charge on any atom is -0.491 e. The Labute approximate surface area is 150 Å². The van der Waals surface area contributed by atoms with E-state index in [4.69, 9.17) is 10.5 Å². The highest BCUT2D eigenvalue weighted by Crippen LogP contribution is 2.22. The van der Waals surface area contributed by atoms with Crippen molar-refractivity contribution >= 4 is 5.91 Å². The molecule has 0 aliphatic rings. The molecule has 0 heterocycles. The molecule has 2 aromatic carbocycles. The van der Waals surface area contributed by atoms with Crippen LogP contribution in [0.15, 0.2) is 54.6 Å². The molecule has 3 unspecified atom stereocenters. The van der Waals surface area contributed by atoms with Crippen LogP contribution < -0.4 is 15.8 Å². The molecule has 0 spiro atoms. The second-order valence-electron chi connectivity index (χ2n) is 6.69. The lowest BCUT2D eigenvalue weighted by molar-refractivity contribution is -0.125. The molecule has 0 bridgehead atoms. The normalized spacial score (nSPS) is 14.6. The maximum atomic E-state index is 12.5. The average molecular weight is 340 g/mol. The van der Waals surface area contributed by atoms with E-state index in [-0.39, 0.29) is 30.0 Å². The maximum Gasteiger partial charge on any atom is 0.225 e. The lowest BCUT2D eigenvalue weighted by Gasteiger charge is -2.23. The number of rotatable bonds is 7. The predicted molar refractivity (Wildman–Crippen MR) is 101 cm³/mol. The second kappa shape index (κ2) is 8.67. The van der Waals surface area contributed by atoms with Crippen molar-refractivity contribution in [2.24, 2.45) is 11.7 Å². The maximum absolute atomic E-state index is 12.5. The molecule has 2 rings (SSSR count). The second-order valence-corrected chi connectivity index (χ2v) is 6.69. The van der Waals surface area contributed by atoms with Gasteiger partial charge in [0.15, 0.2) is 0 Å². The van der Waals surface area contributed by atoms with Gasteiger partial charge < -0.3 is 15.8 Å². The first-order valence-corrected chi connectivity index (χ1v) is 8.76. The third kappa shape index (κ3) is 5.33. The Kier molecular flexibility index (Phi) is 6.59. The van der Waals surface area contributed by atoms with Crippen molar-refractivity contribution in [3.63, 3.8) is 0 Å². The number of hydrogen-bond donors (Lipinski definition) is 2. The molecule has 0 aliphatic heterocycles. The zero-order chi connectivity index (χ0) is 18.4. The van der Waals surface area contributed by atoms with Gasteiger partial charge in [0.2, 0.25) is 5.91 Å². The molecule has 4 heteroatoms. The Hall–Kier alpha value is -2.33. The van der Waals surface area contributed by atoms with Gasteiger partial charge in [-0.05, 0) is 44.0 Å². The molecular formula is C21H28N2O2. The van der Waals surface area contributed by atoms with Crippen molar-refractivity contribution in [3.8, 4) is 5.75 Å². The molecule has 4 nitrogen and oxygen atoms in total. The summed E-state index contributed by atoms with van der Waals surface area (Å²) in [5.74, 6) is 0.469. The average Bonchev–Trinajstić information content (AvgIpc) is 2.61. The first-order chi connectivity index (χ1) is 11.9. The van der Waals surface area contributed by atoms with Crippen LogP contribution in [0.3, 0.4) is 0 Å². The van der Waals surface area contributed by atoms with Crippen molar-refractivity contribution in [1.82, 2.24) is 5.32 Å². The van der Waals surface area contributed by atoms with Crippen LogP contribution in [-0.4, -0.2) is 12.0 Å². The summed E-state index contributed by atoms with van der Waals surface area (Å²) >= 11 is 0. The Balaban J connectivity index is 1.97. The number of nitrogens with two attached hydrogens (primary N) is 1. The van der Waals surface area contributed by atoms with Crippen molar-refractivity contribution in [1.29, 1.82) is 0 Å². The number of nitrogens with one attached hydrogen (secondary N) is 1. The van der Waals surface area contributed by atoms with Crippen LogP contribution in [-0.2, 0) is 4.79 Å². The molecule has 3 N–H and O–H groups in total. The molecular weight excluding hydrogens is 312 g/mol. The molecule has 25 heavy (non-hydrogen) atoms. The van der Waals surface area contributed by atoms with Gasteiger partial charge in [-0.1, -0.05) is 49.4 Å². The van der Waals surface area contributed by atoms with Gasteiger partial charge in [0, 0.05) is 6.04 Å². The van der Waals surface area contributed by atoms with Crippen molar-refractivity contribution in [2.75, 3.05) is 0 Å². The summed E-state index contributed by atoms with van der Waals surface area (Å²) in [5, 5.41) is 3.05. The smallest absolute Gasteiger partial charge is 0.225 e. The van der Waals surface area contributed by atoms with E-state index in [1.54, 1.807) is 0 Å². The molecule has 0 aromatic heterocycles. The van der Waals surface area contributed by atoms with Crippen LogP contribution in [0.25, 0.3) is 0 Å². The summed E-state index contributed by atoms with van der Waals surface area (Å²) in [4.78, 5) is 12.5. The number of benzene rings is 2. The lowest BCUT2D eigenvalue weighted by Crippen LogP contribution is -2.36. The molecule has 0 aliphatic carbocycles. The summed E-state index contributed by atoms with van der Waals surface area (Å²) in [6.07, 6.45) is 0.142. The zero-order valence-electron chi connectivity index (χ0n) is 15.4. The van der Waals surface area contributed by atoms with E-state index in [1.165, 1.54) is 0 Å². The Morgan fingerprint density at radius 2 is 1.52 bits per heavy atom. The van der Waals surface area contributed by atoms with Crippen LogP contribution in [0.4, 0.5) is 0 Å². The van der Waals surface area contributed by atoms with Crippen molar-refractivity contribution < 1.29 is 9.53 Å². The summed E-state index contributed by atoms with van der Waals surface area (Å²) in [6, 6.07) is 17.1. The third-order valence-corrected chi connectivity index (χ3v) is 4.25. The number of hydrogen-bond acceptors (Lipinski definition) is 3. The molecule has 0 saturated carbocycles. The number of carbonyl (C=O) groups is 1. The number of carbonyl (C=O) groups excluding carboxylic acids is 1. The van der Waals surface area contributed by atoms with E-state index in [9.17, 15) is 4.79 Å². The van der Waals surface area contributed by atoms with Crippen molar-refractivity contribution in [2.45, 2.75) is 45.9 Å². The first kappa shape index (κ1) is 19.0. The van der Waals surface area contributed by atoms with E-state index in [0.717, 1.165) is 16.9 Å². The van der Waals surface area contributed by atoms with Gasteiger partial charge in [0.1, 0.15) is 5.75 Å². The third-order valence-electron chi connectivity index (χ3n) is 4.25. The van der Waals surface area contributed by atoms with Crippen LogP contribution in [0.1, 0.15) is 50.9 Å². The minimum absolute atomic E-state index is 0.0497. The lowest BCUT2D eigenvalue weighted by atomic mass is 9.94. The highest BCUT2D eigenvalue weighted by Gasteiger charge is 2.23. The van der Waals surface area contributed by atoms with Crippen LogP contribution in [0.2, 0.25) is 0 Å². The van der Waals surface area contributed by atoms with Crippen LogP contribution in [0.5, 0.6) is 5.75 Å². The van der Waals surface area contributed by atoms with E-state index in [2.05, 4.69) is 5.32 Å². The van der Waals surface area contributed by atoms with Crippen LogP contribution >= 0.6 is 0 Å². The Morgan fingerprint density at radius 1 is 0.920 bits per heavy atom. The van der Waals surface area contributed by atoms with E-state index in [0.29, 0.717) is 0 Å². The van der Waals surface area contributed by atoms with Gasteiger partial charge in [-0.25, -0.2) is 0 Å². The summed E-state index contributed by atoms with van der Waals surface area (Å²) in [5.41, 5.74) is 8.24. The van der Waals surface area contributed by atoms with Crippen LogP contribution in [0, 0.1) is 5.92 Å². The van der Waals surface area contributed by atoms with Gasteiger partial charge in [-0.2, -0.15) is 0 Å². The summed E-state index contributed by atoms with van der Waals surface area (Å²) < 4.78 is 5.64. The van der Waals surface area contributed by atoms with E-state index < -0.39 is 0 Å². The summed E-state index contributed by atoms with van der Waals surface area (Å²) in [6.45, 7) is 7.82. The highest BCUT2D eigenvalue weighted by molar-refractivity contribution is 5.79. The molecule has 1 amide bonds. The first-order valence-electron chi connectivity index (χ1n) is 8.76. The van der Waals surface area contributed by atoms with E-state index >= 15 is 0 Å². The summed E-state index contributed by atoms with van der Waals surface area (Å²) in [7, 11) is 0. The van der Waals surface area contributed by atoms with Gasteiger partial charge >= 0.3 is 0 Å². The molecule has 0 radical (unpaired) electrons. The fourth-order valence-electron chi connectivity index (χ4n) is 2.66. The van der Waals surface area contributed by atoms with Gasteiger partial charge in [-0.15, -0.1) is 0 Å². The van der Waals surface area contributed by atoms with E-state index in [1.807, 2.05) is 82.3 Å². The van der Waals surface area contributed by atoms with Gasteiger partial charge in [-0.3, -0.25) is 4.79 Å².